The fourth-order valence-electron chi connectivity index (χ4n) is 3.17. The Labute approximate surface area is 194 Å². The zero-order chi connectivity index (χ0) is 23.6. The van der Waals surface area contributed by atoms with Crippen LogP contribution in [0, 0.1) is 0 Å². The van der Waals surface area contributed by atoms with E-state index in [0.29, 0.717) is 22.2 Å². The van der Waals surface area contributed by atoms with Crippen molar-refractivity contribution in [3.8, 4) is 10.6 Å². The minimum Gasteiger partial charge on any atom is -0.449 e. The number of carbonyl (C=O) groups excluding carboxylic acids is 2. The Balaban J connectivity index is 1.56. The number of anilines is 1. The number of primary sulfonamides is 1. The van der Waals surface area contributed by atoms with Crippen molar-refractivity contribution in [2.24, 2.45) is 5.14 Å². The Morgan fingerprint density at radius 2 is 1.85 bits per heavy atom. The van der Waals surface area contributed by atoms with Gasteiger partial charge in [-0.3, -0.25) is 4.79 Å². The van der Waals surface area contributed by atoms with Crippen LogP contribution in [0.25, 0.3) is 21.5 Å². The number of carbonyl (C=O) groups is 2. The first-order valence-corrected chi connectivity index (χ1v) is 12.2. The average Bonchev–Trinajstić information content (AvgIpc) is 3.33. The third-order valence-corrected chi connectivity index (χ3v) is 6.60. The molecule has 2 aromatic carbocycles. The van der Waals surface area contributed by atoms with Gasteiger partial charge in [-0.1, -0.05) is 30.3 Å². The molecule has 2 aromatic heterocycles. The van der Waals surface area contributed by atoms with Gasteiger partial charge in [-0.25, -0.2) is 23.3 Å². The molecule has 10 heteroatoms. The molecule has 0 fully saturated rings. The number of nitrogens with zero attached hydrogens (tertiary/aromatic N) is 1. The highest BCUT2D eigenvalue weighted by Crippen LogP contribution is 2.28. The summed E-state index contributed by atoms with van der Waals surface area (Å²) in [4.78, 5) is 31.0. The molecule has 168 valence electrons. The van der Waals surface area contributed by atoms with Crippen LogP contribution in [0.2, 0.25) is 0 Å². The maximum absolute atomic E-state index is 13.0. The SMILES string of the molecule is CC(OC(=O)c1cc(-c2cccs2)nc2ccccc12)C(=O)Nc1cccc(S(N)(=O)=O)c1. The van der Waals surface area contributed by atoms with E-state index in [2.05, 4.69) is 10.3 Å². The first kappa shape index (κ1) is 22.6. The van der Waals surface area contributed by atoms with Crippen LogP contribution < -0.4 is 10.5 Å². The van der Waals surface area contributed by atoms with Gasteiger partial charge in [0.15, 0.2) is 6.10 Å². The third-order valence-electron chi connectivity index (χ3n) is 4.79. The number of sulfonamides is 1. The zero-order valence-corrected chi connectivity index (χ0v) is 19.0. The maximum Gasteiger partial charge on any atom is 0.339 e. The van der Waals surface area contributed by atoms with Crippen LogP contribution in [0.3, 0.4) is 0 Å². The summed E-state index contributed by atoms with van der Waals surface area (Å²) in [6.45, 7) is 1.43. The fourth-order valence-corrected chi connectivity index (χ4v) is 4.41. The van der Waals surface area contributed by atoms with E-state index in [4.69, 9.17) is 9.88 Å². The van der Waals surface area contributed by atoms with Crippen LogP contribution in [0.1, 0.15) is 17.3 Å². The summed E-state index contributed by atoms with van der Waals surface area (Å²) in [6.07, 6.45) is -1.15. The molecule has 1 amide bonds. The number of para-hydroxylation sites is 1. The Morgan fingerprint density at radius 1 is 1.06 bits per heavy atom. The fraction of sp³-hybridized carbons (Fsp3) is 0.0870. The molecular weight excluding hydrogens is 462 g/mol. The highest BCUT2D eigenvalue weighted by atomic mass is 32.2. The van der Waals surface area contributed by atoms with E-state index in [9.17, 15) is 18.0 Å². The third kappa shape index (κ3) is 5.08. The number of hydrogen-bond acceptors (Lipinski definition) is 7. The van der Waals surface area contributed by atoms with Gasteiger partial charge in [-0.15, -0.1) is 11.3 Å². The second-order valence-corrected chi connectivity index (χ2v) is 9.67. The summed E-state index contributed by atoms with van der Waals surface area (Å²) in [7, 11) is -3.92. The molecule has 0 saturated carbocycles. The number of nitrogens with two attached hydrogens (primary N) is 1. The van der Waals surface area contributed by atoms with Crippen molar-refractivity contribution in [3.05, 3.63) is 77.7 Å². The van der Waals surface area contributed by atoms with E-state index < -0.39 is 28.0 Å². The summed E-state index contributed by atoms with van der Waals surface area (Å²) in [6, 6.07) is 18.1. The average molecular weight is 482 g/mol. The van der Waals surface area contributed by atoms with Crippen molar-refractivity contribution in [1.29, 1.82) is 0 Å². The van der Waals surface area contributed by atoms with E-state index in [0.717, 1.165) is 4.88 Å². The van der Waals surface area contributed by atoms with Crippen molar-refractivity contribution < 1.29 is 22.7 Å². The number of benzene rings is 2. The number of rotatable bonds is 6. The van der Waals surface area contributed by atoms with Gasteiger partial charge in [0.2, 0.25) is 10.0 Å². The lowest BCUT2D eigenvalue weighted by atomic mass is 10.1. The molecular formula is C23H19N3O5S2. The second-order valence-electron chi connectivity index (χ2n) is 7.16. The predicted molar refractivity (Wildman–Crippen MR) is 126 cm³/mol. The maximum atomic E-state index is 13.0. The highest BCUT2D eigenvalue weighted by Gasteiger charge is 2.22. The monoisotopic (exact) mass is 481 g/mol. The molecule has 8 nitrogen and oxygen atoms in total. The molecule has 4 rings (SSSR count). The van der Waals surface area contributed by atoms with Crippen LogP contribution >= 0.6 is 11.3 Å². The number of hydrogen-bond donors (Lipinski definition) is 2. The van der Waals surface area contributed by atoms with Gasteiger partial charge >= 0.3 is 5.97 Å². The Hall–Kier alpha value is -3.60. The summed E-state index contributed by atoms with van der Waals surface area (Å²) >= 11 is 1.50. The minimum absolute atomic E-state index is 0.144. The molecule has 33 heavy (non-hydrogen) atoms. The van der Waals surface area contributed by atoms with Crippen molar-refractivity contribution >= 4 is 49.8 Å². The molecule has 0 bridgehead atoms. The molecule has 2 heterocycles. The summed E-state index contributed by atoms with van der Waals surface area (Å²) in [5.74, 6) is -1.29. The largest absolute Gasteiger partial charge is 0.449 e. The van der Waals surface area contributed by atoms with Gasteiger partial charge < -0.3 is 10.1 Å². The van der Waals surface area contributed by atoms with Crippen molar-refractivity contribution in [1.82, 2.24) is 4.98 Å². The molecule has 0 radical (unpaired) electrons. The number of fused-ring (bicyclic) bond motifs is 1. The molecule has 1 atom stereocenters. The summed E-state index contributed by atoms with van der Waals surface area (Å²) in [5, 5.41) is 10.2. The topological polar surface area (TPSA) is 128 Å². The number of esters is 1. The number of thiophene rings is 1. The first-order chi connectivity index (χ1) is 15.7. The number of pyridine rings is 1. The van der Waals surface area contributed by atoms with Crippen LogP contribution in [0.15, 0.2) is 77.0 Å². The standard InChI is InChI=1S/C23H19N3O5S2/c1-14(22(27)25-15-6-4-7-16(12-15)33(24,29)30)31-23(28)18-13-20(21-10-5-11-32-21)26-19-9-3-2-8-17(18)19/h2-14H,1H3,(H,25,27)(H2,24,29,30). The number of ether oxygens (including phenoxy) is 1. The molecule has 1 unspecified atom stereocenters. The van der Waals surface area contributed by atoms with Crippen LogP contribution in [-0.2, 0) is 19.6 Å². The Morgan fingerprint density at radius 3 is 2.58 bits per heavy atom. The van der Waals surface area contributed by atoms with E-state index in [1.54, 1.807) is 24.3 Å². The molecule has 0 aliphatic carbocycles. The van der Waals surface area contributed by atoms with Crippen molar-refractivity contribution in [3.63, 3.8) is 0 Å². The van der Waals surface area contributed by atoms with E-state index in [1.165, 1.54) is 42.5 Å². The zero-order valence-electron chi connectivity index (χ0n) is 17.4. The van der Waals surface area contributed by atoms with Gasteiger partial charge in [0, 0.05) is 11.1 Å². The Kier molecular flexibility index (Phi) is 6.23. The second kappa shape index (κ2) is 9.10. The number of aromatic nitrogens is 1. The van der Waals surface area contributed by atoms with Crippen molar-refractivity contribution in [2.45, 2.75) is 17.9 Å². The Bertz CT molecular complexity index is 1450. The molecule has 0 aliphatic rings. The summed E-state index contributed by atoms with van der Waals surface area (Å²) < 4.78 is 28.5. The van der Waals surface area contributed by atoms with Gasteiger partial charge in [0.1, 0.15) is 0 Å². The van der Waals surface area contributed by atoms with Gasteiger partial charge in [0.05, 0.1) is 26.5 Å². The lowest BCUT2D eigenvalue weighted by Gasteiger charge is -2.15. The summed E-state index contributed by atoms with van der Waals surface area (Å²) in [5.41, 5.74) is 1.77. The van der Waals surface area contributed by atoms with E-state index in [1.807, 2.05) is 23.6 Å². The molecule has 0 aliphatic heterocycles. The van der Waals surface area contributed by atoms with Crippen LogP contribution in [0.4, 0.5) is 5.69 Å². The van der Waals surface area contributed by atoms with Crippen LogP contribution in [0.5, 0.6) is 0 Å². The van der Waals surface area contributed by atoms with E-state index in [-0.39, 0.29) is 10.6 Å². The number of nitrogens with one attached hydrogen (secondary N) is 1. The first-order valence-electron chi connectivity index (χ1n) is 9.81. The smallest absolute Gasteiger partial charge is 0.339 e. The van der Waals surface area contributed by atoms with Gasteiger partial charge in [0.25, 0.3) is 5.91 Å². The molecule has 3 N–H and O–H groups in total. The lowest BCUT2D eigenvalue weighted by Crippen LogP contribution is -2.30. The molecule has 0 saturated heterocycles. The highest BCUT2D eigenvalue weighted by molar-refractivity contribution is 7.89. The lowest BCUT2D eigenvalue weighted by molar-refractivity contribution is -0.123. The number of amides is 1. The van der Waals surface area contributed by atoms with Gasteiger partial charge in [-0.2, -0.15) is 0 Å². The molecule has 0 spiro atoms. The quantitative estimate of drug-likeness (QED) is 0.403. The van der Waals surface area contributed by atoms with Crippen molar-refractivity contribution in [2.75, 3.05) is 5.32 Å². The predicted octanol–water partition coefficient (Wildman–Crippen LogP) is 3.79. The normalized spacial score (nSPS) is 12.3. The van der Waals surface area contributed by atoms with E-state index >= 15 is 0 Å². The molecule has 4 aromatic rings. The van der Waals surface area contributed by atoms with Crippen LogP contribution in [-0.4, -0.2) is 31.4 Å². The van der Waals surface area contributed by atoms with Gasteiger partial charge in [-0.05, 0) is 48.7 Å². The minimum atomic E-state index is -3.92.